The van der Waals surface area contributed by atoms with Gasteiger partial charge in [0.2, 0.25) is 5.91 Å². The second kappa shape index (κ2) is 10.7. The van der Waals surface area contributed by atoms with Crippen LogP contribution in [0, 0.1) is 0 Å². The molecule has 0 aliphatic heterocycles. The summed E-state index contributed by atoms with van der Waals surface area (Å²) in [6.07, 6.45) is 2.50. The summed E-state index contributed by atoms with van der Waals surface area (Å²) >= 11 is 11.2. The molecule has 2 amide bonds. The maximum Gasteiger partial charge on any atom is 0.253 e. The van der Waals surface area contributed by atoms with Gasteiger partial charge in [0.15, 0.2) is 0 Å². The topological polar surface area (TPSA) is 58.2 Å². The summed E-state index contributed by atoms with van der Waals surface area (Å²) in [5.41, 5.74) is 1.35. The van der Waals surface area contributed by atoms with E-state index in [0.717, 1.165) is 15.8 Å². The van der Waals surface area contributed by atoms with E-state index in [1.54, 1.807) is 36.0 Å². The van der Waals surface area contributed by atoms with Gasteiger partial charge in [-0.05, 0) is 55.2 Å². The highest BCUT2D eigenvalue weighted by molar-refractivity contribution is 9.10. The third-order valence-electron chi connectivity index (χ3n) is 4.06. The number of hydrogen-bond donors (Lipinski definition) is 2. The summed E-state index contributed by atoms with van der Waals surface area (Å²) in [6.45, 7) is 1.92. The second-order valence-corrected chi connectivity index (χ2v) is 8.38. The van der Waals surface area contributed by atoms with Crippen molar-refractivity contribution in [1.29, 1.82) is 0 Å². The molecule has 7 heteroatoms. The molecule has 0 fully saturated rings. The zero-order valence-corrected chi connectivity index (χ0v) is 18.3. The van der Waals surface area contributed by atoms with E-state index in [9.17, 15) is 9.59 Å². The van der Waals surface area contributed by atoms with E-state index in [-0.39, 0.29) is 17.9 Å². The van der Waals surface area contributed by atoms with E-state index >= 15 is 0 Å². The molecule has 2 N–H and O–H groups in total. The van der Waals surface area contributed by atoms with E-state index in [1.165, 1.54) is 0 Å². The molecule has 2 rings (SSSR count). The van der Waals surface area contributed by atoms with Crippen molar-refractivity contribution in [2.75, 3.05) is 12.0 Å². The molecular weight excluding hydrogens is 448 g/mol. The Morgan fingerprint density at radius 2 is 1.89 bits per heavy atom. The van der Waals surface area contributed by atoms with Crippen molar-refractivity contribution < 1.29 is 9.59 Å². The summed E-state index contributed by atoms with van der Waals surface area (Å²) < 4.78 is 0.951. The van der Waals surface area contributed by atoms with Gasteiger partial charge in [-0.2, -0.15) is 11.8 Å². The molecule has 144 valence electrons. The van der Waals surface area contributed by atoms with Gasteiger partial charge in [0.05, 0.1) is 16.6 Å². The third-order valence-corrected chi connectivity index (χ3v) is 5.53. The van der Waals surface area contributed by atoms with Crippen LogP contribution in [0.15, 0.2) is 53.0 Å². The van der Waals surface area contributed by atoms with Crippen LogP contribution in [-0.4, -0.2) is 29.9 Å². The van der Waals surface area contributed by atoms with Crippen molar-refractivity contribution in [1.82, 2.24) is 10.6 Å². The van der Waals surface area contributed by atoms with E-state index in [0.29, 0.717) is 17.0 Å². The fourth-order valence-corrected chi connectivity index (χ4v) is 3.67. The number of hydrogen-bond acceptors (Lipinski definition) is 3. The molecule has 0 bridgehead atoms. The lowest BCUT2D eigenvalue weighted by Gasteiger charge is -2.22. The van der Waals surface area contributed by atoms with E-state index in [2.05, 4.69) is 26.6 Å². The maximum atomic E-state index is 12.8. The average molecular weight is 470 g/mol. The van der Waals surface area contributed by atoms with Crippen molar-refractivity contribution >= 4 is 51.1 Å². The van der Waals surface area contributed by atoms with Gasteiger partial charge < -0.3 is 10.6 Å². The summed E-state index contributed by atoms with van der Waals surface area (Å²) in [7, 11) is 0. The van der Waals surface area contributed by atoms with Crippen LogP contribution >= 0.6 is 39.3 Å². The molecule has 0 saturated carbocycles. The third kappa shape index (κ3) is 6.55. The van der Waals surface area contributed by atoms with Gasteiger partial charge in [-0.25, -0.2) is 0 Å². The summed E-state index contributed by atoms with van der Waals surface area (Å²) in [5, 5.41) is 6.17. The molecule has 2 aromatic rings. The zero-order chi connectivity index (χ0) is 19.8. The minimum atomic E-state index is -0.629. The average Bonchev–Trinajstić information content (AvgIpc) is 2.65. The van der Waals surface area contributed by atoms with Crippen LogP contribution < -0.4 is 10.6 Å². The van der Waals surface area contributed by atoms with Crippen LogP contribution in [0.1, 0.15) is 35.3 Å². The standard InChI is InChI=1S/C20H22BrClN2O2S/c1-13(14-6-5-7-15(21)12-14)23-20(26)18(10-11-27-2)24-19(25)16-8-3-4-9-17(16)22/h3-9,12-13,18H,10-11H2,1-2H3,(H,23,26)(H,24,25). The normalized spacial score (nSPS) is 12.9. The number of halogens is 2. The quantitative estimate of drug-likeness (QED) is 0.582. The molecule has 2 atom stereocenters. The van der Waals surface area contributed by atoms with Crippen LogP contribution in [0.2, 0.25) is 5.02 Å². The van der Waals surface area contributed by atoms with Crippen LogP contribution in [0.5, 0.6) is 0 Å². The highest BCUT2D eigenvalue weighted by Crippen LogP contribution is 2.19. The number of carbonyl (C=O) groups excluding carboxylic acids is 2. The van der Waals surface area contributed by atoms with Crippen LogP contribution in [-0.2, 0) is 4.79 Å². The summed E-state index contributed by atoms with van der Waals surface area (Å²) in [6, 6.07) is 13.8. The number of amides is 2. The van der Waals surface area contributed by atoms with Gasteiger partial charge in [0.25, 0.3) is 5.91 Å². The van der Waals surface area contributed by atoms with Gasteiger partial charge >= 0.3 is 0 Å². The maximum absolute atomic E-state index is 12.8. The molecule has 0 aliphatic carbocycles. The first kappa shape index (κ1) is 21.8. The molecule has 0 radical (unpaired) electrons. The smallest absolute Gasteiger partial charge is 0.253 e. The Bertz CT molecular complexity index is 803. The Hall–Kier alpha value is -1.50. The molecule has 27 heavy (non-hydrogen) atoms. The Labute approximate surface area is 177 Å². The lowest BCUT2D eigenvalue weighted by atomic mass is 10.1. The zero-order valence-electron chi connectivity index (χ0n) is 15.2. The lowest BCUT2D eigenvalue weighted by molar-refractivity contribution is -0.123. The van der Waals surface area contributed by atoms with Crippen LogP contribution in [0.25, 0.3) is 0 Å². The molecule has 2 aromatic carbocycles. The Morgan fingerprint density at radius 3 is 2.56 bits per heavy atom. The minimum absolute atomic E-state index is 0.177. The Morgan fingerprint density at radius 1 is 1.15 bits per heavy atom. The minimum Gasteiger partial charge on any atom is -0.348 e. The first-order valence-corrected chi connectivity index (χ1v) is 11.1. The molecule has 0 spiro atoms. The highest BCUT2D eigenvalue weighted by Gasteiger charge is 2.23. The SMILES string of the molecule is CSCCC(NC(=O)c1ccccc1Cl)C(=O)NC(C)c1cccc(Br)c1. The van der Waals surface area contributed by atoms with Crippen molar-refractivity contribution in [3.63, 3.8) is 0 Å². The molecule has 4 nitrogen and oxygen atoms in total. The largest absolute Gasteiger partial charge is 0.348 e. The lowest BCUT2D eigenvalue weighted by Crippen LogP contribution is -2.47. The summed E-state index contributed by atoms with van der Waals surface area (Å²) in [4.78, 5) is 25.3. The molecule has 0 aliphatic rings. The van der Waals surface area contributed by atoms with E-state index in [4.69, 9.17) is 11.6 Å². The van der Waals surface area contributed by atoms with Crippen molar-refractivity contribution in [3.8, 4) is 0 Å². The summed E-state index contributed by atoms with van der Waals surface area (Å²) in [5.74, 6) is 0.195. The van der Waals surface area contributed by atoms with Crippen molar-refractivity contribution in [2.45, 2.75) is 25.4 Å². The monoisotopic (exact) mass is 468 g/mol. The predicted octanol–water partition coefficient (Wildman–Crippen LogP) is 4.83. The van der Waals surface area contributed by atoms with Crippen LogP contribution in [0.4, 0.5) is 0 Å². The highest BCUT2D eigenvalue weighted by atomic mass is 79.9. The van der Waals surface area contributed by atoms with Gasteiger partial charge in [-0.1, -0.05) is 51.8 Å². The Kier molecular flexibility index (Phi) is 8.67. The fraction of sp³-hybridized carbons (Fsp3) is 0.300. The van der Waals surface area contributed by atoms with Gasteiger partial charge in [0.1, 0.15) is 6.04 Å². The van der Waals surface area contributed by atoms with Gasteiger partial charge in [0, 0.05) is 4.47 Å². The van der Waals surface area contributed by atoms with Crippen LogP contribution in [0.3, 0.4) is 0 Å². The molecule has 0 heterocycles. The fourth-order valence-electron chi connectivity index (χ4n) is 2.56. The number of nitrogens with one attached hydrogen (secondary N) is 2. The number of thioether (sulfide) groups is 1. The number of rotatable bonds is 8. The van der Waals surface area contributed by atoms with Gasteiger partial charge in [-0.15, -0.1) is 0 Å². The Balaban J connectivity index is 2.09. The second-order valence-electron chi connectivity index (χ2n) is 6.07. The predicted molar refractivity (Wildman–Crippen MR) is 116 cm³/mol. The van der Waals surface area contributed by atoms with Crippen molar-refractivity contribution in [2.24, 2.45) is 0 Å². The molecule has 0 saturated heterocycles. The first-order valence-electron chi connectivity index (χ1n) is 8.52. The number of benzene rings is 2. The molecule has 0 aromatic heterocycles. The number of carbonyl (C=O) groups is 2. The van der Waals surface area contributed by atoms with Crippen molar-refractivity contribution in [3.05, 3.63) is 69.2 Å². The molecule has 2 unspecified atom stereocenters. The van der Waals surface area contributed by atoms with Gasteiger partial charge in [-0.3, -0.25) is 9.59 Å². The van der Waals surface area contributed by atoms with E-state index in [1.807, 2.05) is 37.4 Å². The molecular formula is C20H22BrClN2O2S. The van der Waals surface area contributed by atoms with E-state index < -0.39 is 6.04 Å². The first-order chi connectivity index (χ1) is 12.9.